The second-order valence-corrected chi connectivity index (χ2v) is 8.00. The molecule has 1 amide bonds. The number of H-pyrrole nitrogens is 1. The minimum Gasteiger partial charge on any atom is -0.388 e. The van der Waals surface area contributed by atoms with Gasteiger partial charge in [-0.25, -0.2) is 4.98 Å². The number of nitrogens with zero attached hydrogens (tertiary/aromatic N) is 1. The van der Waals surface area contributed by atoms with E-state index in [0.29, 0.717) is 23.1 Å². The molecule has 0 saturated heterocycles. The maximum Gasteiger partial charge on any atom is 0.287 e. The first-order valence-electron chi connectivity index (χ1n) is 8.61. The number of nitrogens with one attached hydrogen (secondary N) is 2. The Morgan fingerprint density at radius 2 is 2.04 bits per heavy atom. The summed E-state index contributed by atoms with van der Waals surface area (Å²) < 4.78 is 0. The number of aromatic nitrogens is 2. The number of aliphatic hydroxyl groups is 1. The van der Waals surface area contributed by atoms with E-state index in [4.69, 9.17) is 0 Å². The van der Waals surface area contributed by atoms with Crippen molar-refractivity contribution >= 4 is 27.5 Å². The number of hydrogen-bond acceptors (Lipinski definition) is 5. The summed E-state index contributed by atoms with van der Waals surface area (Å²) in [5, 5.41) is 13.8. The summed E-state index contributed by atoms with van der Waals surface area (Å²) in [4.78, 5) is 33.6. The molecule has 6 nitrogen and oxygen atoms in total. The van der Waals surface area contributed by atoms with Crippen LogP contribution in [0.15, 0.2) is 4.79 Å². The Labute approximate surface area is 143 Å². The maximum atomic E-state index is 12.4. The second kappa shape index (κ2) is 5.97. The fraction of sp³-hybridized carbons (Fsp3) is 0.588. The highest BCUT2D eigenvalue weighted by Gasteiger charge is 2.30. The zero-order valence-corrected chi connectivity index (χ0v) is 14.3. The van der Waals surface area contributed by atoms with Crippen molar-refractivity contribution in [3.8, 4) is 0 Å². The molecule has 7 heteroatoms. The Kier molecular flexibility index (Phi) is 3.92. The van der Waals surface area contributed by atoms with Crippen molar-refractivity contribution in [2.45, 2.75) is 57.0 Å². The average molecular weight is 347 g/mol. The first kappa shape index (κ1) is 15.8. The third-order valence-electron chi connectivity index (χ3n) is 5.15. The molecule has 24 heavy (non-hydrogen) atoms. The van der Waals surface area contributed by atoms with Gasteiger partial charge in [-0.1, -0.05) is 19.3 Å². The fourth-order valence-electron chi connectivity index (χ4n) is 3.83. The lowest BCUT2D eigenvalue weighted by Crippen LogP contribution is -2.44. The standard InChI is InChI=1S/C17H21N3O3S/c21-14-12-10-5-4-6-11(10)24-16(12)20-13(19-14)15(22)18-9-17(23)7-2-1-3-8-17/h23H,1-9H2,(H,18,22)(H,19,20,21). The van der Waals surface area contributed by atoms with Gasteiger partial charge in [0.15, 0.2) is 0 Å². The lowest BCUT2D eigenvalue weighted by molar-refractivity contribution is 0.00516. The van der Waals surface area contributed by atoms with Crippen molar-refractivity contribution in [3.63, 3.8) is 0 Å². The zero-order chi connectivity index (χ0) is 16.7. The molecule has 0 aromatic carbocycles. The highest BCUT2D eigenvalue weighted by molar-refractivity contribution is 7.18. The lowest BCUT2D eigenvalue weighted by atomic mass is 9.85. The van der Waals surface area contributed by atoms with Crippen LogP contribution in [0.3, 0.4) is 0 Å². The second-order valence-electron chi connectivity index (χ2n) is 6.92. The van der Waals surface area contributed by atoms with Crippen LogP contribution in [0, 0.1) is 0 Å². The largest absolute Gasteiger partial charge is 0.388 e. The van der Waals surface area contributed by atoms with Gasteiger partial charge in [-0.05, 0) is 37.7 Å². The summed E-state index contributed by atoms with van der Waals surface area (Å²) in [5.41, 5.74) is 0.0377. The van der Waals surface area contributed by atoms with Gasteiger partial charge < -0.3 is 15.4 Å². The number of carbonyl (C=O) groups excluding carboxylic acids is 1. The minimum absolute atomic E-state index is 0.0341. The van der Waals surface area contributed by atoms with Crippen molar-refractivity contribution in [1.29, 1.82) is 0 Å². The van der Waals surface area contributed by atoms with Crippen molar-refractivity contribution in [2.75, 3.05) is 6.54 Å². The predicted molar refractivity (Wildman–Crippen MR) is 92.6 cm³/mol. The molecular weight excluding hydrogens is 326 g/mol. The van der Waals surface area contributed by atoms with E-state index in [-0.39, 0.29) is 17.9 Å². The highest BCUT2D eigenvalue weighted by Crippen LogP contribution is 2.34. The van der Waals surface area contributed by atoms with Crippen LogP contribution >= 0.6 is 11.3 Å². The van der Waals surface area contributed by atoms with E-state index in [1.165, 1.54) is 16.2 Å². The molecule has 0 unspecified atom stereocenters. The summed E-state index contributed by atoms with van der Waals surface area (Å²) in [5.74, 6) is -0.395. The Balaban J connectivity index is 1.55. The van der Waals surface area contributed by atoms with E-state index in [0.717, 1.165) is 44.1 Å². The highest BCUT2D eigenvalue weighted by atomic mass is 32.1. The SMILES string of the molecule is O=C(NCC1(O)CCCCC1)c1nc2sc3c(c2c(=O)[nH]1)CCC3. The monoisotopic (exact) mass is 347 g/mol. The molecule has 3 N–H and O–H groups in total. The number of rotatable bonds is 3. The van der Waals surface area contributed by atoms with Crippen LogP contribution in [0.4, 0.5) is 0 Å². The summed E-state index contributed by atoms with van der Waals surface area (Å²) >= 11 is 1.52. The molecule has 0 bridgehead atoms. The van der Waals surface area contributed by atoms with Crippen LogP contribution in [-0.4, -0.2) is 33.1 Å². The molecule has 0 atom stereocenters. The molecule has 4 rings (SSSR count). The Hall–Kier alpha value is -1.73. The molecule has 2 aliphatic rings. The lowest BCUT2D eigenvalue weighted by Gasteiger charge is -2.31. The third-order valence-corrected chi connectivity index (χ3v) is 6.34. The van der Waals surface area contributed by atoms with Crippen LogP contribution in [-0.2, 0) is 12.8 Å². The van der Waals surface area contributed by atoms with Gasteiger partial charge in [0.05, 0.1) is 11.0 Å². The van der Waals surface area contributed by atoms with Crippen LogP contribution in [0.1, 0.15) is 59.6 Å². The Bertz CT molecular complexity index is 849. The van der Waals surface area contributed by atoms with Gasteiger partial charge in [0.25, 0.3) is 11.5 Å². The van der Waals surface area contributed by atoms with Crippen LogP contribution in [0.2, 0.25) is 0 Å². The number of aryl methyl sites for hydroxylation is 2. The van der Waals surface area contributed by atoms with Gasteiger partial charge in [-0.15, -0.1) is 11.3 Å². The van der Waals surface area contributed by atoms with Gasteiger partial charge in [0.2, 0.25) is 5.82 Å². The molecule has 1 saturated carbocycles. The molecule has 2 aliphatic carbocycles. The topological polar surface area (TPSA) is 95.1 Å². The van der Waals surface area contributed by atoms with Crippen LogP contribution < -0.4 is 10.9 Å². The van der Waals surface area contributed by atoms with E-state index in [1.54, 1.807) is 0 Å². The number of aromatic amines is 1. The smallest absolute Gasteiger partial charge is 0.287 e. The van der Waals surface area contributed by atoms with Crippen LogP contribution in [0.25, 0.3) is 10.2 Å². The quantitative estimate of drug-likeness (QED) is 0.790. The van der Waals surface area contributed by atoms with Crippen LogP contribution in [0.5, 0.6) is 0 Å². The van der Waals surface area contributed by atoms with E-state index < -0.39 is 11.5 Å². The molecule has 1 fully saturated rings. The van der Waals surface area contributed by atoms with Gasteiger partial charge >= 0.3 is 0 Å². The Morgan fingerprint density at radius 1 is 1.25 bits per heavy atom. The number of hydrogen-bond donors (Lipinski definition) is 3. The van der Waals surface area contributed by atoms with E-state index in [2.05, 4.69) is 15.3 Å². The molecule has 128 valence electrons. The van der Waals surface area contributed by atoms with Gasteiger partial charge in [-0.3, -0.25) is 9.59 Å². The van der Waals surface area contributed by atoms with E-state index in [9.17, 15) is 14.7 Å². The summed E-state index contributed by atoms with van der Waals surface area (Å²) in [6, 6.07) is 0. The molecule has 0 spiro atoms. The average Bonchev–Trinajstić information content (AvgIpc) is 3.13. The fourth-order valence-corrected chi connectivity index (χ4v) is 5.09. The number of fused-ring (bicyclic) bond motifs is 3. The Morgan fingerprint density at radius 3 is 2.83 bits per heavy atom. The summed E-state index contributed by atoms with van der Waals surface area (Å²) in [6.07, 6.45) is 7.48. The van der Waals surface area contributed by atoms with Gasteiger partial charge in [0, 0.05) is 11.4 Å². The molecule has 2 heterocycles. The number of amides is 1. The van der Waals surface area contributed by atoms with Gasteiger partial charge in [-0.2, -0.15) is 0 Å². The van der Waals surface area contributed by atoms with E-state index >= 15 is 0 Å². The maximum absolute atomic E-state index is 12.4. The van der Waals surface area contributed by atoms with Crippen molar-refractivity contribution < 1.29 is 9.90 Å². The molecule has 2 aromatic rings. The minimum atomic E-state index is -0.831. The molecule has 2 aromatic heterocycles. The molecule has 0 aliphatic heterocycles. The number of carbonyl (C=O) groups is 1. The van der Waals surface area contributed by atoms with E-state index in [1.807, 2.05) is 0 Å². The summed E-state index contributed by atoms with van der Waals surface area (Å²) in [6.45, 7) is 0.203. The molecular formula is C17H21N3O3S. The first-order chi connectivity index (χ1) is 11.6. The van der Waals surface area contributed by atoms with Crippen molar-refractivity contribution in [1.82, 2.24) is 15.3 Å². The zero-order valence-electron chi connectivity index (χ0n) is 13.5. The summed E-state index contributed by atoms with van der Waals surface area (Å²) in [7, 11) is 0. The third kappa shape index (κ3) is 2.75. The number of thiophene rings is 1. The van der Waals surface area contributed by atoms with Gasteiger partial charge in [0.1, 0.15) is 4.83 Å². The molecule has 0 radical (unpaired) electrons. The van der Waals surface area contributed by atoms with Crippen molar-refractivity contribution in [3.05, 3.63) is 26.6 Å². The predicted octanol–water partition coefficient (Wildman–Crippen LogP) is 1.90. The van der Waals surface area contributed by atoms with Crippen molar-refractivity contribution in [2.24, 2.45) is 0 Å². The normalized spacial score (nSPS) is 19.4. The first-order valence-corrected chi connectivity index (χ1v) is 9.43.